The SMILES string of the molecule is CC(O/N=C(/C(=O)N[C@@H]1C(=O)N(OS(=O)(=O)O)C1(C)C)c1csc(N)n1)(C(=O)O)[C@H]1CCc2cc(C3CN=C(NCC(O)CN)NC3)ccc2O1. The van der Waals surface area contributed by atoms with Crippen molar-refractivity contribution in [1.29, 1.82) is 0 Å². The molecule has 2 aromatic rings. The van der Waals surface area contributed by atoms with E-state index in [2.05, 4.69) is 35.4 Å². The Labute approximate surface area is 296 Å². The summed E-state index contributed by atoms with van der Waals surface area (Å²) < 4.78 is 41.8. The van der Waals surface area contributed by atoms with Gasteiger partial charge in [0.05, 0.1) is 18.2 Å². The summed E-state index contributed by atoms with van der Waals surface area (Å²) in [5.41, 5.74) is 8.91. The van der Waals surface area contributed by atoms with Crippen LogP contribution in [-0.2, 0) is 40.3 Å². The van der Waals surface area contributed by atoms with Crippen LogP contribution < -0.4 is 32.2 Å². The fourth-order valence-electron chi connectivity index (χ4n) is 5.63. The molecule has 4 heterocycles. The molecule has 0 spiro atoms. The van der Waals surface area contributed by atoms with Gasteiger partial charge in [-0.25, -0.2) is 9.78 Å². The molecule has 2 amide bonds. The second-order valence-corrected chi connectivity index (χ2v) is 14.7. The number of nitrogens with two attached hydrogens (primary N) is 2. The van der Waals surface area contributed by atoms with Gasteiger partial charge in [0, 0.05) is 30.9 Å². The number of aliphatic carboxylic acids is 1. The number of hydroxylamine groups is 2. The quantitative estimate of drug-likeness (QED) is 0.0498. The molecule has 20 nitrogen and oxygen atoms in total. The molecule has 3 aliphatic heterocycles. The molecule has 1 fully saturated rings. The molecule has 10 N–H and O–H groups in total. The van der Waals surface area contributed by atoms with Gasteiger partial charge in [-0.15, -0.1) is 15.6 Å². The highest BCUT2D eigenvalue weighted by Crippen LogP contribution is 2.36. The van der Waals surface area contributed by atoms with Gasteiger partial charge in [0.25, 0.3) is 17.4 Å². The van der Waals surface area contributed by atoms with Gasteiger partial charge in [0.1, 0.15) is 17.5 Å². The number of aryl methyl sites for hydroxylation is 1. The van der Waals surface area contributed by atoms with Crippen LogP contribution in [0, 0.1) is 0 Å². The number of nitrogens with zero attached hydrogens (tertiary/aromatic N) is 4. The van der Waals surface area contributed by atoms with Crippen molar-refractivity contribution in [3.8, 4) is 5.75 Å². The number of carboxylic acids is 1. The Morgan fingerprint density at radius 2 is 2.10 bits per heavy atom. The molecular formula is C29H39N9O11S2. The summed E-state index contributed by atoms with van der Waals surface area (Å²) in [7, 11) is -5.03. The van der Waals surface area contributed by atoms with Crippen LogP contribution in [0.4, 0.5) is 5.13 Å². The number of benzene rings is 1. The molecule has 1 saturated heterocycles. The Kier molecular flexibility index (Phi) is 10.7. The van der Waals surface area contributed by atoms with E-state index in [0.717, 1.165) is 22.5 Å². The fraction of sp³-hybridized carbons (Fsp3) is 0.517. The van der Waals surface area contributed by atoms with E-state index in [1.807, 2.05) is 12.1 Å². The van der Waals surface area contributed by atoms with E-state index >= 15 is 0 Å². The van der Waals surface area contributed by atoms with E-state index < -0.39 is 63.3 Å². The van der Waals surface area contributed by atoms with Crippen LogP contribution in [0.15, 0.2) is 33.7 Å². The maximum atomic E-state index is 13.5. The van der Waals surface area contributed by atoms with Gasteiger partial charge in [-0.05, 0) is 50.8 Å². The van der Waals surface area contributed by atoms with Crippen molar-refractivity contribution in [2.24, 2.45) is 15.9 Å². The highest BCUT2D eigenvalue weighted by molar-refractivity contribution is 7.80. The maximum absolute atomic E-state index is 13.5. The number of carbonyl (C=O) groups is 3. The van der Waals surface area contributed by atoms with Crippen LogP contribution in [0.25, 0.3) is 0 Å². The number of hydrogen-bond acceptors (Lipinski definition) is 17. The zero-order valence-corrected chi connectivity index (χ0v) is 29.4. The predicted molar refractivity (Wildman–Crippen MR) is 181 cm³/mol. The van der Waals surface area contributed by atoms with Crippen LogP contribution >= 0.6 is 11.3 Å². The van der Waals surface area contributed by atoms with Crippen molar-refractivity contribution >= 4 is 56.3 Å². The van der Waals surface area contributed by atoms with Gasteiger partial charge in [-0.1, -0.05) is 17.3 Å². The number of fused-ring (bicyclic) bond motifs is 1. The van der Waals surface area contributed by atoms with E-state index in [-0.39, 0.29) is 36.3 Å². The second-order valence-electron chi connectivity index (χ2n) is 12.8. The van der Waals surface area contributed by atoms with Crippen LogP contribution in [0.2, 0.25) is 0 Å². The highest BCUT2D eigenvalue weighted by Gasteiger charge is 2.58. The van der Waals surface area contributed by atoms with E-state index in [9.17, 15) is 33.0 Å². The first kappa shape index (κ1) is 37.6. The van der Waals surface area contributed by atoms with Crippen molar-refractivity contribution < 1.29 is 51.4 Å². The molecule has 5 atom stereocenters. The van der Waals surface area contributed by atoms with Gasteiger partial charge in [-0.3, -0.25) is 19.1 Å². The summed E-state index contributed by atoms with van der Waals surface area (Å²) >= 11 is 0.963. The maximum Gasteiger partial charge on any atom is 0.418 e. The number of thiazole rings is 1. The molecule has 0 aliphatic carbocycles. The van der Waals surface area contributed by atoms with E-state index in [4.69, 9.17) is 25.6 Å². The molecule has 51 heavy (non-hydrogen) atoms. The topological polar surface area (TPSA) is 303 Å². The van der Waals surface area contributed by atoms with E-state index in [1.54, 1.807) is 6.07 Å². The molecule has 3 unspecified atom stereocenters. The lowest BCUT2D eigenvalue weighted by molar-refractivity contribution is -0.218. The average Bonchev–Trinajstić information content (AvgIpc) is 3.52. The molecule has 0 radical (unpaired) electrons. The van der Waals surface area contributed by atoms with Gasteiger partial charge >= 0.3 is 16.4 Å². The fourth-order valence-corrected chi connectivity index (χ4v) is 6.63. The number of ether oxygens (including phenoxy) is 1. The predicted octanol–water partition coefficient (Wildman–Crippen LogP) is -1.52. The third-order valence-electron chi connectivity index (χ3n) is 8.73. The molecular weight excluding hydrogens is 715 g/mol. The summed E-state index contributed by atoms with van der Waals surface area (Å²) in [5, 5.41) is 34.3. The number of aliphatic hydroxyl groups excluding tert-OH is 1. The minimum absolute atomic E-state index is 0.0566. The average molecular weight is 754 g/mol. The number of carbonyl (C=O) groups excluding carboxylic acids is 2. The van der Waals surface area contributed by atoms with Gasteiger partial charge in [0.15, 0.2) is 22.9 Å². The Bertz CT molecular complexity index is 1850. The van der Waals surface area contributed by atoms with Crippen molar-refractivity contribution in [3.63, 3.8) is 0 Å². The second kappa shape index (κ2) is 14.6. The van der Waals surface area contributed by atoms with Crippen LogP contribution in [0.5, 0.6) is 5.75 Å². The number of anilines is 1. The lowest BCUT2D eigenvalue weighted by Gasteiger charge is -2.50. The number of aliphatic hydroxyl groups is 1. The van der Waals surface area contributed by atoms with Crippen molar-refractivity contribution in [1.82, 2.24) is 26.0 Å². The molecule has 22 heteroatoms. The zero-order valence-electron chi connectivity index (χ0n) is 27.7. The number of β-lactam (4-membered cyclic amide) rings is 1. The third kappa shape index (κ3) is 8.15. The first-order valence-electron chi connectivity index (χ1n) is 15.7. The highest BCUT2D eigenvalue weighted by atomic mass is 32.3. The van der Waals surface area contributed by atoms with Crippen LogP contribution in [-0.4, -0.2) is 118 Å². The Hall–Kier alpha value is -4.61. The Balaban J connectivity index is 1.30. The van der Waals surface area contributed by atoms with Crippen molar-refractivity contribution in [2.45, 2.75) is 68.9 Å². The smallest absolute Gasteiger partial charge is 0.418 e. The molecule has 278 valence electrons. The number of carboxylic acid groups (broad SMARTS) is 1. The Morgan fingerprint density at radius 3 is 2.69 bits per heavy atom. The number of nitrogen functional groups attached to an aromatic ring is 1. The number of nitrogens with one attached hydrogen (secondary N) is 3. The minimum Gasteiger partial charge on any atom is -0.485 e. The summed E-state index contributed by atoms with van der Waals surface area (Å²) in [6.45, 7) is 5.50. The Morgan fingerprint density at radius 1 is 1.35 bits per heavy atom. The van der Waals surface area contributed by atoms with Gasteiger partial charge in [0.2, 0.25) is 0 Å². The molecule has 0 saturated carbocycles. The molecule has 1 aromatic heterocycles. The van der Waals surface area contributed by atoms with E-state index in [1.165, 1.54) is 26.2 Å². The number of hydrogen-bond donors (Lipinski definition) is 8. The normalized spacial score (nSPS) is 23.3. The summed E-state index contributed by atoms with van der Waals surface area (Å²) in [6.07, 6.45) is -1.08. The number of aromatic nitrogens is 1. The van der Waals surface area contributed by atoms with Crippen LogP contribution in [0.3, 0.4) is 0 Å². The van der Waals surface area contributed by atoms with Gasteiger partial charge < -0.3 is 47.2 Å². The van der Waals surface area contributed by atoms with Crippen molar-refractivity contribution in [2.75, 3.05) is 31.9 Å². The first-order valence-corrected chi connectivity index (χ1v) is 17.9. The van der Waals surface area contributed by atoms with Crippen LogP contribution in [0.1, 0.15) is 49.9 Å². The lowest BCUT2D eigenvalue weighted by atomic mass is 9.84. The van der Waals surface area contributed by atoms with Gasteiger partial charge in [-0.2, -0.15) is 13.5 Å². The molecule has 3 aliphatic rings. The molecule has 5 rings (SSSR count). The number of aliphatic imine (C=N–C) groups is 1. The van der Waals surface area contributed by atoms with E-state index in [0.29, 0.717) is 36.3 Å². The third-order valence-corrected chi connectivity index (χ3v) is 9.74. The molecule has 0 bridgehead atoms. The zero-order chi connectivity index (χ0) is 37.3. The summed E-state index contributed by atoms with van der Waals surface area (Å²) in [5.74, 6) is -2.36. The monoisotopic (exact) mass is 753 g/mol. The van der Waals surface area contributed by atoms with Crippen molar-refractivity contribution in [3.05, 3.63) is 40.4 Å². The minimum atomic E-state index is -5.03. The lowest BCUT2D eigenvalue weighted by Crippen LogP contribution is -2.76. The standard InChI is InChI=1S/C29H39N9O11S2/c1-28(2)22(24(41)38(28)49-51(44,45)46)36-23(40)21(18-13-50-26(31)35-18)37-48-29(3,25(42)43)20-7-5-15-8-14(4-6-19(15)47-20)16-10-32-27(33-11-16)34-12-17(39)9-30/h4,6,8,13,16-17,20,22,39H,5,7,9-12,30H2,1-3H3,(H2,31,35)(H,36,40)(H,42,43)(H2,32,33,34)(H,44,45,46)/b37-21+/t17?,20-,22-,29?/m1/s1. The number of oxime groups is 1. The number of amides is 2. The summed E-state index contributed by atoms with van der Waals surface area (Å²) in [6, 6.07) is 4.27. The first-order chi connectivity index (χ1) is 23.9. The number of rotatable bonds is 13. The molecule has 1 aromatic carbocycles. The summed E-state index contributed by atoms with van der Waals surface area (Å²) in [4.78, 5) is 52.9. The largest absolute Gasteiger partial charge is 0.485 e. The number of guanidine groups is 1.